The third kappa shape index (κ3) is 3.06. The number of aliphatic hydroxyl groups is 1. The number of likely N-dealkylation sites (tertiary alicyclic amines) is 1. The summed E-state index contributed by atoms with van der Waals surface area (Å²) in [6, 6.07) is 10.2. The Labute approximate surface area is 102 Å². The van der Waals surface area contributed by atoms with Crippen molar-refractivity contribution >= 4 is 0 Å². The Hall–Kier alpha value is -1.37. The fourth-order valence-corrected chi connectivity index (χ4v) is 2.45. The third-order valence-electron chi connectivity index (χ3n) is 3.40. The fraction of sp³-hybridized carbons (Fsp3) is 0.500. The van der Waals surface area contributed by atoms with E-state index in [9.17, 15) is 5.11 Å². The van der Waals surface area contributed by atoms with Crippen LogP contribution < -0.4 is 0 Å². The van der Waals surface area contributed by atoms with E-state index in [-0.39, 0.29) is 12.6 Å². The van der Waals surface area contributed by atoms with Crippen molar-refractivity contribution in [3.8, 4) is 6.07 Å². The van der Waals surface area contributed by atoms with Crippen molar-refractivity contribution in [2.24, 2.45) is 0 Å². The molecule has 90 valence electrons. The summed E-state index contributed by atoms with van der Waals surface area (Å²) >= 11 is 0. The number of hydrogen-bond donors (Lipinski definition) is 1. The van der Waals surface area contributed by atoms with Gasteiger partial charge in [-0.15, -0.1) is 0 Å². The van der Waals surface area contributed by atoms with Crippen molar-refractivity contribution in [3.05, 3.63) is 35.4 Å². The van der Waals surface area contributed by atoms with Crippen molar-refractivity contribution in [3.63, 3.8) is 0 Å². The molecule has 1 saturated heterocycles. The molecule has 1 N–H and O–H groups in total. The molecule has 0 aliphatic carbocycles. The van der Waals surface area contributed by atoms with Gasteiger partial charge < -0.3 is 5.11 Å². The van der Waals surface area contributed by atoms with Crippen LogP contribution in [0, 0.1) is 11.3 Å². The monoisotopic (exact) mass is 230 g/mol. The van der Waals surface area contributed by atoms with Crippen LogP contribution in [0.3, 0.4) is 0 Å². The topological polar surface area (TPSA) is 47.3 Å². The highest BCUT2D eigenvalue weighted by molar-refractivity contribution is 5.32. The number of hydrogen-bond acceptors (Lipinski definition) is 3. The van der Waals surface area contributed by atoms with Crippen LogP contribution in [0.4, 0.5) is 0 Å². The Kier molecular flexibility index (Phi) is 4.13. The van der Waals surface area contributed by atoms with E-state index in [0.717, 1.165) is 25.1 Å². The van der Waals surface area contributed by atoms with E-state index in [1.807, 2.05) is 24.3 Å². The highest BCUT2D eigenvalue weighted by Gasteiger charge is 2.21. The number of piperidine rings is 1. The normalized spacial score (nSPS) is 21.1. The summed E-state index contributed by atoms with van der Waals surface area (Å²) in [6.45, 7) is 2.11. The van der Waals surface area contributed by atoms with Crippen molar-refractivity contribution in [1.29, 1.82) is 5.26 Å². The van der Waals surface area contributed by atoms with Crippen LogP contribution in [0.5, 0.6) is 0 Å². The quantitative estimate of drug-likeness (QED) is 0.862. The second kappa shape index (κ2) is 5.81. The summed E-state index contributed by atoms with van der Waals surface area (Å²) in [5.41, 5.74) is 1.87. The molecule has 17 heavy (non-hydrogen) atoms. The molecular weight excluding hydrogens is 212 g/mol. The predicted molar refractivity (Wildman–Crippen MR) is 66.3 cm³/mol. The molecule has 1 aromatic rings. The molecular formula is C14H18N2O. The van der Waals surface area contributed by atoms with E-state index < -0.39 is 0 Å². The van der Waals surface area contributed by atoms with Gasteiger partial charge in [0.05, 0.1) is 18.2 Å². The Morgan fingerprint density at radius 2 is 2.29 bits per heavy atom. The lowest BCUT2D eigenvalue weighted by atomic mass is 10.0. The van der Waals surface area contributed by atoms with E-state index >= 15 is 0 Å². The number of nitrogens with zero attached hydrogens (tertiary/aromatic N) is 2. The highest BCUT2D eigenvalue weighted by atomic mass is 16.3. The molecule has 0 radical (unpaired) electrons. The number of nitriles is 1. The summed E-state index contributed by atoms with van der Waals surface area (Å²) in [7, 11) is 0. The minimum Gasteiger partial charge on any atom is -0.395 e. The second-order valence-corrected chi connectivity index (χ2v) is 4.61. The lowest BCUT2D eigenvalue weighted by Gasteiger charge is -2.34. The van der Waals surface area contributed by atoms with Gasteiger partial charge in [-0.05, 0) is 37.1 Å². The van der Waals surface area contributed by atoms with Crippen molar-refractivity contribution < 1.29 is 5.11 Å². The molecule has 1 fully saturated rings. The van der Waals surface area contributed by atoms with Crippen LogP contribution in [0.2, 0.25) is 0 Å². The average Bonchev–Trinajstić information content (AvgIpc) is 2.39. The number of benzene rings is 1. The lowest BCUT2D eigenvalue weighted by Crippen LogP contribution is -2.41. The molecule has 0 saturated carbocycles. The molecule has 0 amide bonds. The molecule has 1 aromatic carbocycles. The third-order valence-corrected chi connectivity index (χ3v) is 3.40. The van der Waals surface area contributed by atoms with E-state index in [1.165, 1.54) is 12.8 Å². The highest BCUT2D eigenvalue weighted by Crippen LogP contribution is 2.19. The standard InChI is InChI=1S/C14H18N2O/c15-9-12-4-3-5-13(8-12)10-16-7-2-1-6-14(16)11-17/h3-5,8,14,17H,1-2,6-7,10-11H2/t14-/m1/s1. The first kappa shape index (κ1) is 12.1. The first-order valence-corrected chi connectivity index (χ1v) is 6.17. The summed E-state index contributed by atoms with van der Waals surface area (Å²) in [5, 5.41) is 18.2. The minimum absolute atomic E-state index is 0.234. The smallest absolute Gasteiger partial charge is 0.0991 e. The van der Waals surface area contributed by atoms with Gasteiger partial charge in [0.2, 0.25) is 0 Å². The predicted octanol–water partition coefficient (Wildman–Crippen LogP) is 1.91. The van der Waals surface area contributed by atoms with Crippen LogP contribution in [0.1, 0.15) is 30.4 Å². The molecule has 3 heteroatoms. The zero-order valence-corrected chi connectivity index (χ0v) is 9.97. The first-order valence-electron chi connectivity index (χ1n) is 6.17. The number of rotatable bonds is 3. The molecule has 1 aliphatic rings. The summed E-state index contributed by atoms with van der Waals surface area (Å²) in [6.07, 6.45) is 3.49. The molecule has 0 aromatic heterocycles. The summed E-state index contributed by atoms with van der Waals surface area (Å²) in [4.78, 5) is 2.32. The SMILES string of the molecule is N#Cc1cccc(CN2CCCC[C@@H]2CO)c1. The van der Waals surface area contributed by atoms with Gasteiger partial charge in [0.1, 0.15) is 0 Å². The molecule has 3 nitrogen and oxygen atoms in total. The maximum Gasteiger partial charge on any atom is 0.0991 e. The van der Waals surface area contributed by atoms with Crippen LogP contribution in [0.15, 0.2) is 24.3 Å². The Morgan fingerprint density at radius 3 is 3.06 bits per heavy atom. The van der Waals surface area contributed by atoms with Gasteiger partial charge in [0.15, 0.2) is 0 Å². The van der Waals surface area contributed by atoms with Crippen molar-refractivity contribution in [1.82, 2.24) is 4.90 Å². The van der Waals surface area contributed by atoms with Gasteiger partial charge in [-0.25, -0.2) is 0 Å². The lowest BCUT2D eigenvalue weighted by molar-refractivity contribution is 0.0841. The first-order chi connectivity index (χ1) is 8.33. The summed E-state index contributed by atoms with van der Waals surface area (Å²) in [5.74, 6) is 0. The fourth-order valence-electron chi connectivity index (χ4n) is 2.45. The van der Waals surface area contributed by atoms with E-state index in [4.69, 9.17) is 5.26 Å². The second-order valence-electron chi connectivity index (χ2n) is 4.61. The molecule has 2 rings (SSSR count). The summed E-state index contributed by atoms with van der Waals surface area (Å²) < 4.78 is 0. The largest absolute Gasteiger partial charge is 0.395 e. The molecule has 1 heterocycles. The van der Waals surface area contributed by atoms with Gasteiger partial charge in [0, 0.05) is 12.6 Å². The van der Waals surface area contributed by atoms with Gasteiger partial charge in [-0.3, -0.25) is 4.90 Å². The Balaban J connectivity index is 2.06. The Bertz CT molecular complexity index is 411. The van der Waals surface area contributed by atoms with Crippen molar-refractivity contribution in [2.45, 2.75) is 31.8 Å². The van der Waals surface area contributed by atoms with Crippen LogP contribution >= 0.6 is 0 Å². The molecule has 0 spiro atoms. The molecule has 0 bridgehead atoms. The maximum absolute atomic E-state index is 9.35. The van der Waals surface area contributed by atoms with Gasteiger partial charge in [-0.2, -0.15) is 5.26 Å². The van der Waals surface area contributed by atoms with Gasteiger partial charge >= 0.3 is 0 Å². The zero-order valence-electron chi connectivity index (χ0n) is 9.97. The minimum atomic E-state index is 0.234. The van der Waals surface area contributed by atoms with E-state index in [0.29, 0.717) is 5.56 Å². The molecule has 1 atom stereocenters. The average molecular weight is 230 g/mol. The van der Waals surface area contributed by atoms with E-state index in [2.05, 4.69) is 11.0 Å². The molecule has 1 aliphatic heterocycles. The van der Waals surface area contributed by atoms with Crippen LogP contribution in [-0.4, -0.2) is 29.2 Å². The van der Waals surface area contributed by atoms with E-state index in [1.54, 1.807) is 0 Å². The van der Waals surface area contributed by atoms with Gasteiger partial charge in [0.25, 0.3) is 0 Å². The Morgan fingerprint density at radius 1 is 1.41 bits per heavy atom. The molecule has 0 unspecified atom stereocenters. The van der Waals surface area contributed by atoms with Crippen LogP contribution in [0.25, 0.3) is 0 Å². The van der Waals surface area contributed by atoms with Crippen molar-refractivity contribution in [2.75, 3.05) is 13.2 Å². The van der Waals surface area contributed by atoms with Gasteiger partial charge in [-0.1, -0.05) is 18.6 Å². The zero-order chi connectivity index (χ0) is 12.1. The maximum atomic E-state index is 9.35. The van der Waals surface area contributed by atoms with Crippen LogP contribution in [-0.2, 0) is 6.54 Å². The number of aliphatic hydroxyl groups excluding tert-OH is 1.